The van der Waals surface area contributed by atoms with Gasteiger partial charge < -0.3 is 16.5 Å². The van der Waals surface area contributed by atoms with Gasteiger partial charge in [0.1, 0.15) is 0 Å². The summed E-state index contributed by atoms with van der Waals surface area (Å²) in [7, 11) is 0. The molecule has 0 aliphatic heterocycles. The number of aromatic nitrogens is 1. The lowest BCUT2D eigenvalue weighted by atomic mass is 9.95. The molecule has 0 saturated carbocycles. The lowest BCUT2D eigenvalue weighted by molar-refractivity contribution is 0.709. The maximum atomic E-state index is 8.55. The van der Waals surface area contributed by atoms with Gasteiger partial charge in [-0.2, -0.15) is 0 Å². The van der Waals surface area contributed by atoms with Crippen LogP contribution in [0.3, 0.4) is 0 Å². The summed E-state index contributed by atoms with van der Waals surface area (Å²) >= 11 is 4.84. The van der Waals surface area contributed by atoms with Crippen LogP contribution in [0.4, 0.5) is 5.69 Å². The number of nitrogens with two attached hydrogens (primary N) is 1. The highest BCUT2D eigenvalue weighted by atomic mass is 32.1. The van der Waals surface area contributed by atoms with Crippen LogP contribution in [0.2, 0.25) is 0 Å². The second kappa shape index (κ2) is 10.5. The summed E-state index contributed by atoms with van der Waals surface area (Å²) in [5, 5.41) is 22.1. The summed E-state index contributed by atoms with van der Waals surface area (Å²) in [5.41, 5.74) is 11.6. The second-order valence-electron chi connectivity index (χ2n) is 7.03. The molecule has 0 aliphatic carbocycles. The van der Waals surface area contributed by atoms with E-state index in [9.17, 15) is 0 Å². The predicted molar refractivity (Wildman–Crippen MR) is 129 cm³/mol. The lowest BCUT2D eigenvalue weighted by Crippen LogP contribution is -2.18. The van der Waals surface area contributed by atoms with E-state index in [1.54, 1.807) is 23.8 Å². The molecule has 0 radical (unpaired) electrons. The molecule has 2 aromatic carbocycles. The number of benzene rings is 2. The maximum Gasteiger partial charge on any atom is 0.0844 e. The number of thiocarbonyl (C=S) groups is 1. The van der Waals surface area contributed by atoms with E-state index in [0.29, 0.717) is 17.7 Å². The van der Waals surface area contributed by atoms with Gasteiger partial charge in [-0.15, -0.1) is 0 Å². The Bertz CT molecular complexity index is 1050. The van der Waals surface area contributed by atoms with Crippen molar-refractivity contribution in [1.82, 2.24) is 10.3 Å². The number of rotatable bonds is 10. The van der Waals surface area contributed by atoms with E-state index in [-0.39, 0.29) is 11.4 Å². The Hall–Kier alpha value is -3.22. The molecule has 0 spiro atoms. The SMILES string of the molecule is N=C(Cc1cccc(CNCCC=S)c1)C(=N)c1cc(-c2cccnc2)ccc1N. The first-order chi connectivity index (χ1) is 14.6. The molecular formula is C24H25N5S. The number of anilines is 1. The largest absolute Gasteiger partial charge is 0.398 e. The van der Waals surface area contributed by atoms with E-state index in [1.807, 2.05) is 36.4 Å². The Morgan fingerprint density at radius 3 is 2.63 bits per heavy atom. The van der Waals surface area contributed by atoms with Gasteiger partial charge in [0.25, 0.3) is 0 Å². The molecule has 1 heterocycles. The molecule has 0 amide bonds. The average Bonchev–Trinajstić information content (AvgIpc) is 2.77. The fourth-order valence-corrected chi connectivity index (χ4v) is 3.30. The van der Waals surface area contributed by atoms with E-state index < -0.39 is 0 Å². The maximum absolute atomic E-state index is 8.55. The van der Waals surface area contributed by atoms with E-state index >= 15 is 0 Å². The van der Waals surface area contributed by atoms with Crippen molar-refractivity contribution in [3.8, 4) is 11.1 Å². The third-order valence-corrected chi connectivity index (χ3v) is 5.00. The zero-order valence-electron chi connectivity index (χ0n) is 16.7. The molecule has 6 heteroatoms. The highest BCUT2D eigenvalue weighted by Crippen LogP contribution is 2.24. The van der Waals surface area contributed by atoms with Crippen molar-refractivity contribution in [2.24, 2.45) is 0 Å². The number of hydrogen-bond acceptors (Lipinski definition) is 6. The minimum Gasteiger partial charge on any atom is -0.398 e. The van der Waals surface area contributed by atoms with Crippen LogP contribution in [0, 0.1) is 10.8 Å². The Labute approximate surface area is 182 Å². The number of pyridine rings is 1. The Balaban J connectivity index is 1.72. The first kappa shape index (κ1) is 21.5. The molecule has 30 heavy (non-hydrogen) atoms. The van der Waals surface area contributed by atoms with Crippen LogP contribution >= 0.6 is 12.2 Å². The van der Waals surface area contributed by atoms with Gasteiger partial charge in [-0.1, -0.05) is 48.6 Å². The summed E-state index contributed by atoms with van der Waals surface area (Å²) in [6.07, 6.45) is 4.73. The number of nitrogens with one attached hydrogen (secondary N) is 3. The highest BCUT2D eigenvalue weighted by molar-refractivity contribution is 7.78. The smallest absolute Gasteiger partial charge is 0.0844 e. The fraction of sp³-hybridized carbons (Fsp3) is 0.167. The van der Waals surface area contributed by atoms with Crippen LogP contribution in [0.25, 0.3) is 11.1 Å². The van der Waals surface area contributed by atoms with Crippen molar-refractivity contribution in [3.05, 3.63) is 83.7 Å². The summed E-state index contributed by atoms with van der Waals surface area (Å²) in [5.74, 6) is 0. The molecule has 5 N–H and O–H groups in total. The van der Waals surface area contributed by atoms with Crippen LogP contribution in [0.1, 0.15) is 23.1 Å². The van der Waals surface area contributed by atoms with Crippen LogP contribution in [-0.4, -0.2) is 28.3 Å². The van der Waals surface area contributed by atoms with Gasteiger partial charge in [-0.25, -0.2) is 0 Å². The van der Waals surface area contributed by atoms with Crippen molar-refractivity contribution in [2.45, 2.75) is 19.4 Å². The molecule has 5 nitrogen and oxygen atoms in total. The van der Waals surface area contributed by atoms with Gasteiger partial charge >= 0.3 is 0 Å². The predicted octanol–water partition coefficient (Wildman–Crippen LogP) is 4.44. The van der Waals surface area contributed by atoms with Gasteiger partial charge in [-0.3, -0.25) is 10.4 Å². The molecule has 1 aromatic heterocycles. The zero-order chi connectivity index (χ0) is 21.3. The van der Waals surface area contributed by atoms with Crippen LogP contribution in [0.15, 0.2) is 67.0 Å². The summed E-state index contributed by atoms with van der Waals surface area (Å²) in [6.45, 7) is 1.60. The quantitative estimate of drug-likeness (QED) is 0.170. The van der Waals surface area contributed by atoms with Crippen molar-refractivity contribution in [1.29, 1.82) is 10.8 Å². The zero-order valence-corrected chi connectivity index (χ0v) is 17.5. The number of nitrogen functional groups attached to an aromatic ring is 1. The monoisotopic (exact) mass is 415 g/mol. The minimum atomic E-state index is 0.141. The third kappa shape index (κ3) is 5.65. The lowest BCUT2D eigenvalue weighted by Gasteiger charge is -2.12. The molecular weight excluding hydrogens is 390 g/mol. The summed E-state index contributed by atoms with van der Waals surface area (Å²) in [4.78, 5) is 4.15. The molecule has 152 valence electrons. The average molecular weight is 416 g/mol. The van der Waals surface area contributed by atoms with Gasteiger partial charge in [0.05, 0.1) is 11.4 Å². The molecule has 3 aromatic rings. The Morgan fingerprint density at radius 2 is 1.87 bits per heavy atom. The van der Waals surface area contributed by atoms with Crippen LogP contribution in [0.5, 0.6) is 0 Å². The molecule has 0 unspecified atom stereocenters. The van der Waals surface area contributed by atoms with Gasteiger partial charge in [0.15, 0.2) is 0 Å². The molecule has 0 saturated heterocycles. The normalized spacial score (nSPS) is 10.5. The summed E-state index contributed by atoms with van der Waals surface area (Å²) in [6, 6.07) is 17.5. The van der Waals surface area contributed by atoms with Crippen molar-refractivity contribution in [3.63, 3.8) is 0 Å². The van der Waals surface area contributed by atoms with Gasteiger partial charge in [-0.05, 0) is 53.2 Å². The fourth-order valence-electron chi connectivity index (χ4n) is 3.18. The van der Waals surface area contributed by atoms with E-state index in [2.05, 4.69) is 22.4 Å². The molecule has 0 bridgehead atoms. The highest BCUT2D eigenvalue weighted by Gasteiger charge is 2.14. The first-order valence-corrected chi connectivity index (χ1v) is 10.2. The second-order valence-corrected chi connectivity index (χ2v) is 7.36. The molecule has 0 fully saturated rings. The molecule has 0 aliphatic rings. The van der Waals surface area contributed by atoms with Crippen LogP contribution < -0.4 is 11.1 Å². The van der Waals surface area contributed by atoms with Gasteiger partial charge in [0.2, 0.25) is 0 Å². The number of nitrogens with zero attached hydrogens (tertiary/aromatic N) is 1. The van der Waals surface area contributed by atoms with Crippen molar-refractivity contribution >= 4 is 34.7 Å². The van der Waals surface area contributed by atoms with Crippen LogP contribution in [-0.2, 0) is 13.0 Å². The molecule has 3 rings (SSSR count). The van der Waals surface area contributed by atoms with Crippen molar-refractivity contribution in [2.75, 3.05) is 12.3 Å². The van der Waals surface area contributed by atoms with E-state index in [1.165, 1.54) is 0 Å². The van der Waals surface area contributed by atoms with E-state index in [4.69, 9.17) is 28.8 Å². The Kier molecular flexibility index (Phi) is 7.54. The Morgan fingerprint density at radius 1 is 1.03 bits per heavy atom. The van der Waals surface area contributed by atoms with E-state index in [0.717, 1.165) is 41.8 Å². The molecule has 0 atom stereocenters. The topological polar surface area (TPSA) is 98.6 Å². The number of hydrogen-bond donors (Lipinski definition) is 4. The van der Waals surface area contributed by atoms with Gasteiger partial charge in [0, 0.05) is 42.2 Å². The minimum absolute atomic E-state index is 0.141. The third-order valence-electron chi connectivity index (χ3n) is 4.76. The standard InChI is InChI=1S/C24H25N5S/c25-22-8-7-19(20-6-2-9-29-16-20)14-21(22)24(27)23(26)13-17-4-1-5-18(12-17)15-28-10-3-11-30/h1-2,4-9,11-12,14,16,26-28H,3,10,13,15,25H2. The first-order valence-electron chi connectivity index (χ1n) is 9.77. The summed E-state index contributed by atoms with van der Waals surface area (Å²) < 4.78 is 0. The van der Waals surface area contributed by atoms with Crippen molar-refractivity contribution < 1.29 is 0 Å².